The highest BCUT2D eigenvalue weighted by atomic mass is 32.2. The number of halogens is 1. The van der Waals surface area contributed by atoms with Crippen molar-refractivity contribution in [1.29, 1.82) is 0 Å². The summed E-state index contributed by atoms with van der Waals surface area (Å²) in [6, 6.07) is 0. The first-order chi connectivity index (χ1) is 8.54. The van der Waals surface area contributed by atoms with Gasteiger partial charge in [-0.05, 0) is 19.3 Å². The molecule has 1 fully saturated rings. The molecule has 0 spiro atoms. The molecule has 5 nitrogen and oxygen atoms in total. The monoisotopic (exact) mass is 273 g/mol. The molecule has 1 atom stereocenters. The molecule has 0 aliphatic carbocycles. The zero-order valence-electron chi connectivity index (χ0n) is 10.2. The number of rotatable bonds is 4. The van der Waals surface area contributed by atoms with Crippen molar-refractivity contribution in [3.8, 4) is 0 Å². The number of anilines is 1. The lowest BCUT2D eigenvalue weighted by atomic mass is 10.2. The Labute approximate surface area is 106 Å². The van der Waals surface area contributed by atoms with Gasteiger partial charge in [0.15, 0.2) is 21.5 Å². The average Bonchev–Trinajstić information content (AvgIpc) is 2.67. The molecule has 0 saturated carbocycles. The molecular weight excluding hydrogens is 257 g/mol. The summed E-state index contributed by atoms with van der Waals surface area (Å²) in [5.41, 5.74) is 0.335. The van der Waals surface area contributed by atoms with Gasteiger partial charge < -0.3 is 5.32 Å². The Balaban J connectivity index is 2.07. The van der Waals surface area contributed by atoms with Crippen molar-refractivity contribution in [3.05, 3.63) is 17.8 Å². The van der Waals surface area contributed by atoms with Crippen LogP contribution in [-0.2, 0) is 16.3 Å². The minimum absolute atomic E-state index is 0.0870. The van der Waals surface area contributed by atoms with Gasteiger partial charge in [-0.15, -0.1) is 0 Å². The van der Waals surface area contributed by atoms with Crippen LogP contribution in [0.2, 0.25) is 0 Å². The molecular formula is C11H16FN3O2S. The lowest BCUT2D eigenvalue weighted by Crippen LogP contribution is -2.25. The van der Waals surface area contributed by atoms with Gasteiger partial charge in [0, 0.05) is 6.54 Å². The molecule has 1 unspecified atom stereocenters. The second kappa shape index (κ2) is 5.17. The molecule has 0 bridgehead atoms. The van der Waals surface area contributed by atoms with Crippen molar-refractivity contribution in [3.63, 3.8) is 0 Å². The smallest absolute Gasteiger partial charge is 0.186 e. The van der Waals surface area contributed by atoms with E-state index in [2.05, 4.69) is 15.3 Å². The maximum atomic E-state index is 13.8. The second-order valence-corrected chi connectivity index (χ2v) is 6.75. The van der Waals surface area contributed by atoms with Gasteiger partial charge in [0.25, 0.3) is 0 Å². The zero-order valence-corrected chi connectivity index (χ0v) is 11.0. The lowest BCUT2D eigenvalue weighted by molar-refractivity contribution is 0.586. The number of hydrogen-bond donors (Lipinski definition) is 1. The molecule has 1 N–H and O–H groups in total. The highest BCUT2D eigenvalue weighted by Gasteiger charge is 2.31. The molecule has 7 heteroatoms. The fraction of sp³-hybridized carbons (Fsp3) is 0.636. The number of nitrogens with zero attached hydrogens (tertiary/aromatic N) is 2. The number of hydrogen-bond acceptors (Lipinski definition) is 5. The Kier molecular flexibility index (Phi) is 3.79. The van der Waals surface area contributed by atoms with Gasteiger partial charge in [0.1, 0.15) is 6.33 Å². The van der Waals surface area contributed by atoms with Crippen LogP contribution in [0.3, 0.4) is 0 Å². The van der Waals surface area contributed by atoms with E-state index in [-0.39, 0.29) is 18.1 Å². The van der Waals surface area contributed by atoms with Gasteiger partial charge in [-0.25, -0.2) is 22.8 Å². The Morgan fingerprint density at radius 2 is 2.28 bits per heavy atom. The van der Waals surface area contributed by atoms with E-state index >= 15 is 0 Å². The average molecular weight is 273 g/mol. The summed E-state index contributed by atoms with van der Waals surface area (Å²) < 4.78 is 37.1. The largest absolute Gasteiger partial charge is 0.366 e. The third-order valence-electron chi connectivity index (χ3n) is 3.16. The Hall–Kier alpha value is -1.24. The highest BCUT2D eigenvalue weighted by molar-refractivity contribution is 7.92. The van der Waals surface area contributed by atoms with Crippen molar-refractivity contribution in [2.45, 2.75) is 31.4 Å². The summed E-state index contributed by atoms with van der Waals surface area (Å²) in [5, 5.41) is 2.35. The van der Waals surface area contributed by atoms with Crippen LogP contribution in [0.5, 0.6) is 0 Å². The van der Waals surface area contributed by atoms with Crippen LogP contribution >= 0.6 is 0 Å². The van der Waals surface area contributed by atoms with Crippen LogP contribution in [0, 0.1) is 5.82 Å². The molecule has 1 saturated heterocycles. The number of aryl methyl sites for hydroxylation is 1. The Morgan fingerprint density at radius 1 is 1.50 bits per heavy atom. The molecule has 0 radical (unpaired) electrons. The molecule has 1 aromatic heterocycles. The molecule has 2 heterocycles. The molecule has 1 aliphatic rings. The number of nitrogens with one attached hydrogen (secondary N) is 1. The predicted octanol–water partition coefficient (Wildman–Crippen LogP) is 1.17. The first-order valence-corrected chi connectivity index (χ1v) is 7.71. The van der Waals surface area contributed by atoms with Crippen LogP contribution in [-0.4, -0.2) is 35.9 Å². The summed E-state index contributed by atoms with van der Waals surface area (Å²) in [4.78, 5) is 7.62. The van der Waals surface area contributed by atoms with Crippen molar-refractivity contribution < 1.29 is 12.8 Å². The van der Waals surface area contributed by atoms with Crippen molar-refractivity contribution in [2.75, 3.05) is 17.6 Å². The van der Waals surface area contributed by atoms with E-state index < -0.39 is 20.9 Å². The lowest BCUT2D eigenvalue weighted by Gasteiger charge is -2.12. The van der Waals surface area contributed by atoms with Gasteiger partial charge in [-0.2, -0.15) is 0 Å². The molecule has 18 heavy (non-hydrogen) atoms. The molecule has 1 aromatic rings. The minimum atomic E-state index is -3.01. The SMILES string of the molecule is CCc1ncnc(NCC2CCCS2(=O)=O)c1F. The van der Waals surface area contributed by atoms with E-state index in [4.69, 9.17) is 0 Å². The maximum absolute atomic E-state index is 13.8. The summed E-state index contributed by atoms with van der Waals surface area (Å²) in [5.74, 6) is -0.175. The third kappa shape index (κ3) is 2.60. The summed E-state index contributed by atoms with van der Waals surface area (Å²) in [6.45, 7) is 2.01. The van der Waals surface area contributed by atoms with Crippen molar-refractivity contribution in [1.82, 2.24) is 9.97 Å². The predicted molar refractivity (Wildman–Crippen MR) is 66.7 cm³/mol. The minimum Gasteiger partial charge on any atom is -0.366 e. The molecule has 1 aliphatic heterocycles. The van der Waals surface area contributed by atoms with E-state index in [1.54, 1.807) is 6.92 Å². The summed E-state index contributed by atoms with van der Waals surface area (Å²) in [7, 11) is -3.01. The van der Waals surface area contributed by atoms with Crippen LogP contribution in [0.15, 0.2) is 6.33 Å². The Morgan fingerprint density at radius 3 is 2.89 bits per heavy atom. The highest BCUT2D eigenvalue weighted by Crippen LogP contribution is 2.21. The summed E-state index contributed by atoms with van der Waals surface area (Å²) >= 11 is 0. The first-order valence-electron chi connectivity index (χ1n) is 5.99. The molecule has 100 valence electrons. The van der Waals surface area contributed by atoms with Gasteiger partial charge >= 0.3 is 0 Å². The van der Waals surface area contributed by atoms with Crippen molar-refractivity contribution >= 4 is 15.7 Å². The maximum Gasteiger partial charge on any atom is 0.186 e. The van der Waals surface area contributed by atoms with Gasteiger partial charge in [-0.3, -0.25) is 0 Å². The topological polar surface area (TPSA) is 72.0 Å². The molecule has 2 rings (SSSR count). The van der Waals surface area contributed by atoms with Gasteiger partial charge in [0.2, 0.25) is 0 Å². The van der Waals surface area contributed by atoms with Crippen LogP contribution in [0.4, 0.5) is 10.2 Å². The van der Waals surface area contributed by atoms with Crippen LogP contribution in [0.1, 0.15) is 25.5 Å². The van der Waals surface area contributed by atoms with Gasteiger partial charge in [-0.1, -0.05) is 6.92 Å². The molecule has 0 aromatic carbocycles. The summed E-state index contributed by atoms with van der Waals surface area (Å²) in [6.07, 6.45) is 3.07. The second-order valence-electron chi connectivity index (χ2n) is 4.35. The normalized spacial score (nSPS) is 22.0. The number of aromatic nitrogens is 2. The standard InChI is InChI=1S/C11H16FN3O2S/c1-2-9-10(12)11(15-7-14-9)13-6-8-4-3-5-18(8,16)17/h7-8H,2-6H2,1H3,(H,13,14,15). The van der Waals surface area contributed by atoms with E-state index in [9.17, 15) is 12.8 Å². The van der Waals surface area contributed by atoms with E-state index in [1.165, 1.54) is 6.33 Å². The number of sulfone groups is 1. The fourth-order valence-corrected chi connectivity index (χ4v) is 3.84. The first kappa shape index (κ1) is 13.2. The van der Waals surface area contributed by atoms with Gasteiger partial charge in [0.05, 0.1) is 16.7 Å². The Bertz CT molecular complexity index is 533. The van der Waals surface area contributed by atoms with Crippen LogP contribution in [0.25, 0.3) is 0 Å². The zero-order chi connectivity index (χ0) is 13.2. The van der Waals surface area contributed by atoms with E-state index in [1.807, 2.05) is 0 Å². The van der Waals surface area contributed by atoms with E-state index in [0.29, 0.717) is 25.0 Å². The molecule has 0 amide bonds. The van der Waals surface area contributed by atoms with Crippen molar-refractivity contribution in [2.24, 2.45) is 0 Å². The quantitative estimate of drug-likeness (QED) is 0.891. The van der Waals surface area contributed by atoms with Crippen LogP contribution < -0.4 is 5.32 Å². The van der Waals surface area contributed by atoms with E-state index in [0.717, 1.165) is 0 Å². The fourth-order valence-electron chi connectivity index (χ4n) is 2.07. The third-order valence-corrected chi connectivity index (χ3v) is 5.43.